The molecule has 192 valence electrons. The number of ether oxygens (including phenoxy) is 1. The molecule has 2 amide bonds. The van der Waals surface area contributed by atoms with Gasteiger partial charge in [0.05, 0.1) is 13.7 Å². The molecule has 1 fully saturated rings. The quantitative estimate of drug-likeness (QED) is 0.579. The normalized spacial score (nSPS) is 16.0. The van der Waals surface area contributed by atoms with Gasteiger partial charge in [-0.25, -0.2) is 0 Å². The molecule has 1 aliphatic rings. The van der Waals surface area contributed by atoms with Gasteiger partial charge in [0.1, 0.15) is 22.7 Å². The van der Waals surface area contributed by atoms with E-state index in [0.717, 1.165) is 36.1 Å². The fraction of sp³-hybridized carbons (Fsp3) is 0.607. The molecule has 35 heavy (non-hydrogen) atoms. The fourth-order valence-electron chi connectivity index (χ4n) is 4.79. The molecule has 1 aromatic heterocycles. The second kappa shape index (κ2) is 10.0. The highest BCUT2D eigenvalue weighted by Gasteiger charge is 2.41. The smallest absolute Gasteiger partial charge is 0.252 e. The van der Waals surface area contributed by atoms with E-state index < -0.39 is 5.54 Å². The van der Waals surface area contributed by atoms with Crippen molar-refractivity contribution in [2.24, 2.45) is 0 Å². The van der Waals surface area contributed by atoms with Crippen LogP contribution in [0.4, 0.5) is 0 Å². The monoisotopic (exact) mass is 483 g/mol. The summed E-state index contributed by atoms with van der Waals surface area (Å²) in [5, 5.41) is 10.1. The van der Waals surface area contributed by atoms with Crippen molar-refractivity contribution in [3.05, 3.63) is 46.3 Å². The van der Waals surface area contributed by atoms with Crippen LogP contribution < -0.4 is 15.4 Å². The van der Waals surface area contributed by atoms with Gasteiger partial charge in [-0.1, -0.05) is 66.0 Å². The van der Waals surface area contributed by atoms with E-state index in [0.29, 0.717) is 29.9 Å². The van der Waals surface area contributed by atoms with E-state index in [4.69, 9.17) is 9.26 Å². The Labute approximate surface area is 209 Å². The summed E-state index contributed by atoms with van der Waals surface area (Å²) >= 11 is 0. The van der Waals surface area contributed by atoms with Crippen LogP contribution in [0.15, 0.2) is 22.7 Å². The highest BCUT2D eigenvalue weighted by molar-refractivity contribution is 6.00. The average molecular weight is 484 g/mol. The fourth-order valence-corrected chi connectivity index (χ4v) is 4.79. The number of amides is 2. The number of hydrogen-bond donors (Lipinski definition) is 2. The van der Waals surface area contributed by atoms with E-state index in [1.165, 1.54) is 0 Å². The first-order valence-corrected chi connectivity index (χ1v) is 12.5. The Hall–Kier alpha value is -2.83. The molecule has 0 unspecified atom stereocenters. The topological polar surface area (TPSA) is 93.5 Å². The van der Waals surface area contributed by atoms with Gasteiger partial charge in [-0.05, 0) is 42.7 Å². The van der Waals surface area contributed by atoms with E-state index in [9.17, 15) is 9.59 Å². The highest BCUT2D eigenvalue weighted by atomic mass is 16.5. The lowest BCUT2D eigenvalue weighted by Gasteiger charge is -2.37. The first kappa shape index (κ1) is 26.8. The number of aryl methyl sites for hydroxylation is 1. The summed E-state index contributed by atoms with van der Waals surface area (Å²) in [7, 11) is 1.68. The standard InChI is InChI=1S/C28H41N3O4/c1-18-14-20(31-35-18)17-29-25(33)28(12-10-9-11-13-28)30-24(32)19-15-21(26(2,3)4)23(34-8)22(16-19)27(5,6)7/h14-16H,9-13,17H2,1-8H3,(H,29,33)(H,30,32). The van der Waals surface area contributed by atoms with Crippen molar-refractivity contribution in [1.29, 1.82) is 0 Å². The van der Waals surface area contributed by atoms with Crippen LogP contribution >= 0.6 is 0 Å². The first-order valence-electron chi connectivity index (χ1n) is 12.5. The number of carbonyl (C=O) groups is 2. The minimum atomic E-state index is -0.947. The van der Waals surface area contributed by atoms with Crippen LogP contribution in [-0.2, 0) is 22.2 Å². The second-order valence-corrected chi connectivity index (χ2v) is 11.8. The lowest BCUT2D eigenvalue weighted by Crippen LogP contribution is -2.59. The van der Waals surface area contributed by atoms with Crippen molar-refractivity contribution in [2.75, 3.05) is 7.11 Å². The van der Waals surface area contributed by atoms with E-state index in [-0.39, 0.29) is 29.2 Å². The van der Waals surface area contributed by atoms with Gasteiger partial charge in [0, 0.05) is 22.8 Å². The Bertz CT molecular complexity index is 1030. The third-order valence-electron chi connectivity index (χ3n) is 6.77. The molecule has 1 heterocycles. The van der Waals surface area contributed by atoms with Crippen LogP contribution in [0.1, 0.15) is 107 Å². The van der Waals surface area contributed by atoms with Crippen LogP contribution in [0.25, 0.3) is 0 Å². The Balaban J connectivity index is 1.94. The van der Waals surface area contributed by atoms with Crippen LogP contribution in [0.3, 0.4) is 0 Å². The predicted octanol–water partition coefficient (Wildman–Crippen LogP) is 5.34. The number of nitrogens with one attached hydrogen (secondary N) is 2. The van der Waals surface area contributed by atoms with Crippen LogP contribution in [0.2, 0.25) is 0 Å². The summed E-state index contributed by atoms with van der Waals surface area (Å²) in [5.74, 6) is 1.10. The third-order valence-corrected chi connectivity index (χ3v) is 6.77. The zero-order chi connectivity index (χ0) is 26.0. The van der Waals surface area contributed by atoms with E-state index in [2.05, 4.69) is 57.3 Å². The van der Waals surface area contributed by atoms with Gasteiger partial charge < -0.3 is 19.9 Å². The highest BCUT2D eigenvalue weighted by Crippen LogP contribution is 2.41. The summed E-state index contributed by atoms with van der Waals surface area (Å²) in [6.07, 6.45) is 4.05. The number of hydrogen-bond acceptors (Lipinski definition) is 5. The molecule has 2 aromatic rings. The molecular weight excluding hydrogens is 442 g/mol. The SMILES string of the molecule is COc1c(C(C)(C)C)cc(C(=O)NC2(C(=O)NCc3cc(C)on3)CCCCC2)cc1C(C)(C)C. The summed E-state index contributed by atoms with van der Waals surface area (Å²) in [4.78, 5) is 27.1. The lowest BCUT2D eigenvalue weighted by atomic mass is 9.77. The Morgan fingerprint density at radius 3 is 2.03 bits per heavy atom. The number of methoxy groups -OCH3 is 1. The third kappa shape index (κ3) is 6.06. The lowest BCUT2D eigenvalue weighted by molar-refractivity contribution is -0.128. The molecule has 0 radical (unpaired) electrons. The maximum atomic E-state index is 13.7. The molecule has 0 spiro atoms. The molecule has 3 rings (SSSR count). The minimum Gasteiger partial charge on any atom is -0.496 e. The first-order chi connectivity index (χ1) is 16.3. The molecule has 1 saturated carbocycles. The molecule has 0 bridgehead atoms. The Kier molecular flexibility index (Phi) is 7.68. The van der Waals surface area contributed by atoms with E-state index in [1.54, 1.807) is 13.2 Å². The zero-order valence-corrected chi connectivity index (χ0v) is 22.6. The maximum absolute atomic E-state index is 13.7. The Morgan fingerprint density at radius 2 is 1.57 bits per heavy atom. The molecule has 7 heteroatoms. The minimum absolute atomic E-state index is 0.174. The van der Waals surface area contributed by atoms with Crippen molar-refractivity contribution < 1.29 is 18.8 Å². The van der Waals surface area contributed by atoms with Gasteiger partial charge in [-0.3, -0.25) is 9.59 Å². The van der Waals surface area contributed by atoms with E-state index >= 15 is 0 Å². The molecule has 0 aliphatic heterocycles. The molecule has 2 N–H and O–H groups in total. The summed E-state index contributed by atoms with van der Waals surface area (Å²) in [6, 6.07) is 5.62. The van der Waals surface area contributed by atoms with Gasteiger partial charge >= 0.3 is 0 Å². The van der Waals surface area contributed by atoms with Crippen molar-refractivity contribution >= 4 is 11.8 Å². The number of rotatable bonds is 6. The summed E-state index contributed by atoms with van der Waals surface area (Å²) < 4.78 is 10.9. The van der Waals surface area contributed by atoms with Crippen molar-refractivity contribution in [3.63, 3.8) is 0 Å². The van der Waals surface area contributed by atoms with Crippen molar-refractivity contribution in [2.45, 2.75) is 103 Å². The van der Waals surface area contributed by atoms with Crippen molar-refractivity contribution in [3.8, 4) is 5.75 Å². The van der Waals surface area contributed by atoms with Gasteiger partial charge in [0.25, 0.3) is 5.91 Å². The summed E-state index contributed by atoms with van der Waals surface area (Å²) in [5.41, 5.74) is 1.76. The molecule has 1 aromatic carbocycles. The van der Waals surface area contributed by atoms with Crippen LogP contribution in [0.5, 0.6) is 5.75 Å². The summed E-state index contributed by atoms with van der Waals surface area (Å²) in [6.45, 7) is 14.7. The maximum Gasteiger partial charge on any atom is 0.252 e. The van der Waals surface area contributed by atoms with Gasteiger partial charge in [-0.15, -0.1) is 0 Å². The van der Waals surface area contributed by atoms with E-state index in [1.807, 2.05) is 19.1 Å². The molecular formula is C28H41N3O4. The average Bonchev–Trinajstić information content (AvgIpc) is 3.20. The van der Waals surface area contributed by atoms with Crippen molar-refractivity contribution in [1.82, 2.24) is 15.8 Å². The number of benzene rings is 1. The van der Waals surface area contributed by atoms with Gasteiger partial charge in [0.2, 0.25) is 5.91 Å². The number of carbonyl (C=O) groups excluding carboxylic acids is 2. The zero-order valence-electron chi connectivity index (χ0n) is 22.6. The Morgan fingerprint density at radius 1 is 1.00 bits per heavy atom. The van der Waals surface area contributed by atoms with Gasteiger partial charge in [0.15, 0.2) is 0 Å². The van der Waals surface area contributed by atoms with Gasteiger partial charge in [-0.2, -0.15) is 0 Å². The predicted molar refractivity (Wildman–Crippen MR) is 137 cm³/mol. The van der Waals surface area contributed by atoms with Crippen LogP contribution in [0, 0.1) is 6.92 Å². The van der Waals surface area contributed by atoms with Crippen LogP contribution in [-0.4, -0.2) is 29.6 Å². The second-order valence-electron chi connectivity index (χ2n) is 11.8. The largest absolute Gasteiger partial charge is 0.496 e. The number of aromatic nitrogens is 1. The molecule has 0 atom stereocenters. The molecule has 1 aliphatic carbocycles. The number of nitrogens with zero attached hydrogens (tertiary/aromatic N) is 1. The molecule has 0 saturated heterocycles. The molecule has 7 nitrogen and oxygen atoms in total.